The number of hydrogen-bond donors (Lipinski definition) is 0. The average Bonchev–Trinajstić information content (AvgIpc) is 2.76. The summed E-state index contributed by atoms with van der Waals surface area (Å²) in [4.78, 5) is 0. The maximum absolute atomic E-state index is 12.3. The molecule has 2 rings (SSSR count). The monoisotopic (exact) mass is 334 g/mol. The Morgan fingerprint density at radius 1 is 1.47 bits per heavy atom. The quantitative estimate of drug-likeness (QED) is 0.834. The van der Waals surface area contributed by atoms with Crippen LogP contribution in [-0.4, -0.2) is 25.8 Å². The van der Waals surface area contributed by atoms with Crippen molar-refractivity contribution in [2.75, 3.05) is 13.1 Å². The third kappa shape index (κ3) is 2.55. The number of nitrogens with zero attached hydrogens (tertiary/aromatic N) is 2. The van der Waals surface area contributed by atoms with Gasteiger partial charge in [0.15, 0.2) is 0 Å². The standard InChI is InChI=1S/C10H11BrN2O2S2/c11-9-3-6-16-10(9)17(14,15)13-4-1-8(7-12)2-5-13/h3,6,8H,1-2,4-5H2. The van der Waals surface area contributed by atoms with Crippen molar-refractivity contribution in [3.8, 4) is 6.07 Å². The second kappa shape index (κ2) is 5.06. The average molecular weight is 335 g/mol. The molecule has 2 heterocycles. The number of thiophene rings is 1. The minimum absolute atomic E-state index is 0.00627. The number of piperidine rings is 1. The zero-order valence-electron chi connectivity index (χ0n) is 8.97. The maximum atomic E-state index is 12.3. The Kier molecular flexibility index (Phi) is 3.88. The van der Waals surface area contributed by atoms with Crippen LogP contribution in [0.1, 0.15) is 12.8 Å². The van der Waals surface area contributed by atoms with Gasteiger partial charge in [0.05, 0.1) is 6.07 Å². The van der Waals surface area contributed by atoms with E-state index >= 15 is 0 Å². The summed E-state index contributed by atoms with van der Waals surface area (Å²) in [5.74, 6) is -0.00627. The van der Waals surface area contributed by atoms with Gasteiger partial charge in [-0.25, -0.2) is 8.42 Å². The fourth-order valence-electron chi connectivity index (χ4n) is 1.81. The normalized spacial score (nSPS) is 19.1. The van der Waals surface area contributed by atoms with E-state index in [0.717, 1.165) is 0 Å². The number of rotatable bonds is 2. The first-order valence-corrected chi connectivity index (χ1v) is 8.29. The highest BCUT2D eigenvalue weighted by Crippen LogP contribution is 2.32. The molecular weight excluding hydrogens is 324 g/mol. The molecule has 7 heteroatoms. The minimum Gasteiger partial charge on any atom is -0.206 e. The molecule has 0 N–H and O–H groups in total. The Hall–Kier alpha value is -0.420. The van der Waals surface area contributed by atoms with Gasteiger partial charge in [0.1, 0.15) is 4.21 Å². The molecule has 0 unspecified atom stereocenters. The van der Waals surface area contributed by atoms with E-state index < -0.39 is 10.0 Å². The third-order valence-electron chi connectivity index (χ3n) is 2.80. The molecule has 4 nitrogen and oxygen atoms in total. The smallest absolute Gasteiger partial charge is 0.206 e. The molecule has 0 spiro atoms. The molecule has 17 heavy (non-hydrogen) atoms. The number of nitriles is 1. The van der Waals surface area contributed by atoms with Gasteiger partial charge in [-0.05, 0) is 40.2 Å². The molecule has 0 aliphatic carbocycles. The lowest BCUT2D eigenvalue weighted by atomic mass is 10.0. The second-order valence-corrected chi connectivity index (χ2v) is 7.77. The molecule has 1 aliphatic heterocycles. The van der Waals surface area contributed by atoms with Crippen LogP contribution in [0, 0.1) is 17.2 Å². The highest BCUT2D eigenvalue weighted by molar-refractivity contribution is 9.10. The molecule has 0 radical (unpaired) electrons. The lowest BCUT2D eigenvalue weighted by Crippen LogP contribution is -2.37. The molecule has 92 valence electrons. The van der Waals surface area contributed by atoms with E-state index in [-0.39, 0.29) is 5.92 Å². The summed E-state index contributed by atoms with van der Waals surface area (Å²) in [6.07, 6.45) is 1.25. The molecule has 1 fully saturated rings. The van der Waals surface area contributed by atoms with Crippen molar-refractivity contribution in [2.24, 2.45) is 5.92 Å². The first-order chi connectivity index (χ1) is 8.05. The van der Waals surface area contributed by atoms with Gasteiger partial charge in [0.25, 0.3) is 10.0 Å². The Morgan fingerprint density at radius 3 is 2.59 bits per heavy atom. The molecule has 1 aromatic heterocycles. The largest absolute Gasteiger partial charge is 0.253 e. The first kappa shape index (κ1) is 13.0. The predicted molar refractivity (Wildman–Crippen MR) is 69.1 cm³/mol. The number of halogens is 1. The SMILES string of the molecule is N#CC1CCN(S(=O)(=O)c2sccc2Br)CC1. The third-order valence-corrected chi connectivity index (χ3v) is 7.34. The molecule has 1 aliphatic rings. The van der Waals surface area contributed by atoms with Crippen LogP contribution in [0.25, 0.3) is 0 Å². The molecule has 1 aromatic rings. The van der Waals surface area contributed by atoms with Gasteiger partial charge in [-0.1, -0.05) is 0 Å². The van der Waals surface area contributed by atoms with Crippen molar-refractivity contribution >= 4 is 37.3 Å². The highest BCUT2D eigenvalue weighted by atomic mass is 79.9. The van der Waals surface area contributed by atoms with Gasteiger partial charge >= 0.3 is 0 Å². The van der Waals surface area contributed by atoms with E-state index in [0.29, 0.717) is 34.6 Å². The van der Waals surface area contributed by atoms with Gasteiger partial charge in [0, 0.05) is 23.5 Å². The van der Waals surface area contributed by atoms with Gasteiger partial charge < -0.3 is 0 Å². The summed E-state index contributed by atoms with van der Waals surface area (Å²) in [5, 5.41) is 10.5. The summed E-state index contributed by atoms with van der Waals surface area (Å²) in [7, 11) is -3.39. The van der Waals surface area contributed by atoms with Crippen LogP contribution >= 0.6 is 27.3 Å². The number of sulfonamides is 1. The second-order valence-electron chi connectivity index (χ2n) is 3.86. The van der Waals surface area contributed by atoms with Crippen LogP contribution in [0.5, 0.6) is 0 Å². The number of hydrogen-bond acceptors (Lipinski definition) is 4. The van der Waals surface area contributed by atoms with E-state index in [1.807, 2.05) is 0 Å². The minimum atomic E-state index is -3.39. The van der Waals surface area contributed by atoms with Crippen LogP contribution in [0.15, 0.2) is 20.1 Å². The van der Waals surface area contributed by atoms with Crippen LogP contribution in [0.3, 0.4) is 0 Å². The van der Waals surface area contributed by atoms with Crippen LogP contribution < -0.4 is 0 Å². The lowest BCUT2D eigenvalue weighted by Gasteiger charge is -2.27. The van der Waals surface area contributed by atoms with E-state index in [4.69, 9.17) is 5.26 Å². The van der Waals surface area contributed by atoms with Crippen molar-refractivity contribution in [2.45, 2.75) is 17.1 Å². The molecule has 1 saturated heterocycles. The molecule has 0 aromatic carbocycles. The van der Waals surface area contributed by atoms with Crippen molar-refractivity contribution in [3.63, 3.8) is 0 Å². The highest BCUT2D eigenvalue weighted by Gasteiger charge is 2.31. The summed E-state index contributed by atoms with van der Waals surface area (Å²) < 4.78 is 27.0. The molecule has 0 amide bonds. The van der Waals surface area contributed by atoms with Crippen molar-refractivity contribution in [1.82, 2.24) is 4.31 Å². The van der Waals surface area contributed by atoms with Crippen LogP contribution in [0.2, 0.25) is 0 Å². The van der Waals surface area contributed by atoms with Crippen molar-refractivity contribution in [1.29, 1.82) is 5.26 Å². The van der Waals surface area contributed by atoms with Gasteiger partial charge in [-0.3, -0.25) is 0 Å². The van der Waals surface area contributed by atoms with Crippen molar-refractivity contribution in [3.05, 3.63) is 15.9 Å². The summed E-state index contributed by atoms with van der Waals surface area (Å²) in [5.41, 5.74) is 0. The van der Waals surface area contributed by atoms with E-state index in [1.165, 1.54) is 15.6 Å². The fraction of sp³-hybridized carbons (Fsp3) is 0.500. The van der Waals surface area contributed by atoms with Crippen LogP contribution in [0.4, 0.5) is 0 Å². The lowest BCUT2D eigenvalue weighted by molar-refractivity contribution is 0.310. The van der Waals surface area contributed by atoms with E-state index in [2.05, 4.69) is 22.0 Å². The first-order valence-electron chi connectivity index (χ1n) is 5.18. The van der Waals surface area contributed by atoms with Gasteiger partial charge in [-0.15, -0.1) is 11.3 Å². The fourth-order valence-corrected chi connectivity index (χ4v) is 5.73. The molecule has 0 bridgehead atoms. The zero-order chi connectivity index (χ0) is 12.5. The van der Waals surface area contributed by atoms with Crippen LogP contribution in [-0.2, 0) is 10.0 Å². The predicted octanol–water partition coefficient (Wildman–Crippen LogP) is 2.43. The Bertz CT molecular complexity index is 539. The van der Waals surface area contributed by atoms with E-state index in [9.17, 15) is 8.42 Å². The summed E-state index contributed by atoms with van der Waals surface area (Å²) >= 11 is 4.46. The maximum Gasteiger partial charge on any atom is 0.253 e. The molecule has 0 saturated carbocycles. The van der Waals surface area contributed by atoms with Gasteiger partial charge in [-0.2, -0.15) is 9.57 Å². The summed E-state index contributed by atoms with van der Waals surface area (Å²) in [6.45, 7) is 0.871. The Balaban J connectivity index is 2.19. The zero-order valence-corrected chi connectivity index (χ0v) is 12.2. The molecule has 0 atom stereocenters. The topological polar surface area (TPSA) is 61.2 Å². The molecular formula is C10H11BrN2O2S2. The Morgan fingerprint density at radius 2 is 2.12 bits per heavy atom. The summed E-state index contributed by atoms with van der Waals surface area (Å²) in [6, 6.07) is 3.93. The van der Waals surface area contributed by atoms with Gasteiger partial charge in [0.2, 0.25) is 0 Å². The van der Waals surface area contributed by atoms with E-state index in [1.54, 1.807) is 11.4 Å². The Labute approximate surface area is 113 Å². The van der Waals surface area contributed by atoms with Crippen molar-refractivity contribution < 1.29 is 8.42 Å².